The Balaban J connectivity index is 1.40. The molecule has 2 fully saturated rings. The third-order valence-corrected chi connectivity index (χ3v) is 6.72. The van der Waals surface area contributed by atoms with Gasteiger partial charge in [-0.3, -0.25) is 14.4 Å². The van der Waals surface area contributed by atoms with Crippen LogP contribution in [0.4, 0.5) is 8.78 Å². The zero-order valence-electron chi connectivity index (χ0n) is 17.7. The molecule has 172 valence electrons. The smallest absolute Gasteiger partial charge is 0.300 e. The van der Waals surface area contributed by atoms with Crippen LogP contribution < -0.4 is 10.7 Å². The van der Waals surface area contributed by atoms with Crippen molar-refractivity contribution in [2.24, 2.45) is 0 Å². The van der Waals surface area contributed by atoms with Crippen molar-refractivity contribution in [2.45, 2.75) is 50.7 Å². The van der Waals surface area contributed by atoms with Crippen LogP contribution in [0.5, 0.6) is 5.75 Å². The summed E-state index contributed by atoms with van der Waals surface area (Å²) in [5.41, 5.74) is -1.50. The first-order valence-corrected chi connectivity index (χ1v) is 11.0. The molecule has 2 atom stereocenters. The highest BCUT2D eigenvalue weighted by atomic mass is 19.1. The average molecular weight is 457 g/mol. The van der Waals surface area contributed by atoms with Crippen LogP contribution in [0, 0.1) is 11.6 Å². The van der Waals surface area contributed by atoms with E-state index in [1.807, 2.05) is 0 Å². The molecule has 0 bridgehead atoms. The van der Waals surface area contributed by atoms with Crippen molar-refractivity contribution in [3.05, 3.63) is 63.1 Å². The minimum atomic E-state index is -0.987. The third-order valence-electron chi connectivity index (χ3n) is 6.72. The van der Waals surface area contributed by atoms with Gasteiger partial charge in [0.05, 0.1) is 6.54 Å². The summed E-state index contributed by atoms with van der Waals surface area (Å²) < 4.78 is 34.5. The molecule has 1 aromatic heterocycles. The maximum atomic E-state index is 13.8. The number of aromatic nitrogens is 1. The lowest BCUT2D eigenvalue weighted by Crippen LogP contribution is -2.58. The molecule has 0 saturated carbocycles. The van der Waals surface area contributed by atoms with E-state index in [0.717, 1.165) is 31.6 Å². The number of nitrogens with zero attached hydrogens (tertiary/aromatic N) is 2. The van der Waals surface area contributed by atoms with Crippen molar-refractivity contribution in [1.82, 2.24) is 14.8 Å². The first-order chi connectivity index (χ1) is 15.8. The van der Waals surface area contributed by atoms with Crippen LogP contribution in [0.3, 0.4) is 0 Å². The lowest BCUT2D eigenvalue weighted by atomic mass is 9.47. The molecule has 33 heavy (non-hydrogen) atoms. The Labute approximate surface area is 188 Å². The van der Waals surface area contributed by atoms with Gasteiger partial charge >= 0.3 is 6.92 Å². The van der Waals surface area contributed by atoms with Crippen LogP contribution in [0.1, 0.15) is 45.7 Å². The highest BCUT2D eigenvalue weighted by Gasteiger charge is 2.46. The van der Waals surface area contributed by atoms with Crippen LogP contribution in [-0.4, -0.2) is 46.1 Å². The number of pyridine rings is 1. The van der Waals surface area contributed by atoms with Gasteiger partial charge in [0, 0.05) is 30.9 Å². The number of carbonyl (C=O) groups is 2. The van der Waals surface area contributed by atoms with Gasteiger partial charge in [-0.1, -0.05) is 25.3 Å². The normalized spacial score (nSPS) is 21.8. The molecule has 1 aromatic carbocycles. The van der Waals surface area contributed by atoms with E-state index in [2.05, 4.69) is 5.32 Å². The zero-order valence-corrected chi connectivity index (χ0v) is 17.7. The molecule has 0 radical (unpaired) electrons. The van der Waals surface area contributed by atoms with Gasteiger partial charge in [-0.15, -0.1) is 0 Å². The summed E-state index contributed by atoms with van der Waals surface area (Å²) >= 11 is 0. The highest BCUT2D eigenvalue weighted by Crippen LogP contribution is 2.38. The minimum Gasteiger partial charge on any atom is -0.503 e. The first-order valence-electron chi connectivity index (χ1n) is 11.0. The van der Waals surface area contributed by atoms with Crippen LogP contribution in [0.15, 0.2) is 29.2 Å². The van der Waals surface area contributed by atoms with Crippen LogP contribution in [0.2, 0.25) is 12.1 Å². The molecule has 3 aliphatic heterocycles. The quantitative estimate of drug-likeness (QED) is 0.688. The molecule has 2 amide bonds. The van der Waals surface area contributed by atoms with Crippen molar-refractivity contribution >= 4 is 18.7 Å². The van der Waals surface area contributed by atoms with Crippen molar-refractivity contribution in [3.63, 3.8) is 0 Å². The number of halogens is 2. The Morgan fingerprint density at radius 2 is 2.06 bits per heavy atom. The predicted molar refractivity (Wildman–Crippen MR) is 114 cm³/mol. The number of aromatic hydroxyl groups is 1. The summed E-state index contributed by atoms with van der Waals surface area (Å²) in [4.78, 5) is 40.0. The van der Waals surface area contributed by atoms with E-state index in [0.29, 0.717) is 12.6 Å². The highest BCUT2D eigenvalue weighted by molar-refractivity contribution is 6.54. The second-order valence-electron chi connectivity index (χ2n) is 8.77. The topological polar surface area (TPSA) is 101 Å². The van der Waals surface area contributed by atoms with E-state index in [1.54, 1.807) is 4.90 Å². The van der Waals surface area contributed by atoms with Crippen LogP contribution in [-0.2, 0) is 17.7 Å². The molecule has 2 N–H and O–H groups in total. The van der Waals surface area contributed by atoms with Crippen molar-refractivity contribution in [2.75, 3.05) is 6.54 Å². The molecule has 0 aliphatic carbocycles. The Hall–Kier alpha value is -3.21. The fraction of sp³-hybridized carbons (Fsp3) is 0.409. The van der Waals surface area contributed by atoms with Crippen molar-refractivity contribution < 1.29 is 28.1 Å². The van der Waals surface area contributed by atoms with E-state index in [1.165, 1.54) is 16.8 Å². The monoisotopic (exact) mass is 457 g/mol. The molecular formula is C22H22BF2N3O5. The first kappa shape index (κ1) is 21.6. The van der Waals surface area contributed by atoms with Gasteiger partial charge in [0.2, 0.25) is 5.43 Å². The number of fused-ring (bicyclic) bond motifs is 3. The molecule has 0 spiro atoms. The molecular weight excluding hydrogens is 435 g/mol. The van der Waals surface area contributed by atoms with Crippen LogP contribution >= 0.6 is 0 Å². The van der Waals surface area contributed by atoms with Gasteiger partial charge < -0.3 is 24.5 Å². The molecule has 4 heterocycles. The molecule has 5 rings (SSSR count). The Bertz CT molecular complexity index is 1200. The van der Waals surface area contributed by atoms with Gasteiger partial charge in [0.25, 0.3) is 11.8 Å². The number of nitrogens with one attached hydrogen (secondary N) is 1. The van der Waals surface area contributed by atoms with E-state index in [9.17, 15) is 28.3 Å². The number of rotatable bonds is 3. The summed E-state index contributed by atoms with van der Waals surface area (Å²) in [6.45, 7) is 0.461. The predicted octanol–water partition coefficient (Wildman–Crippen LogP) is 2.12. The molecule has 3 aliphatic rings. The molecule has 2 unspecified atom stereocenters. The number of amides is 2. The molecule has 2 saturated heterocycles. The van der Waals surface area contributed by atoms with E-state index >= 15 is 0 Å². The summed E-state index contributed by atoms with van der Waals surface area (Å²) in [6.07, 6.45) is 4.73. The molecule has 2 aromatic rings. The van der Waals surface area contributed by atoms with Gasteiger partial charge in [-0.2, -0.15) is 0 Å². The Morgan fingerprint density at radius 3 is 2.85 bits per heavy atom. The largest absolute Gasteiger partial charge is 0.503 e. The zero-order chi connectivity index (χ0) is 23.3. The minimum absolute atomic E-state index is 0.0375. The maximum absolute atomic E-state index is 13.8. The number of carbonyl (C=O) groups excluding carboxylic acids is 2. The van der Waals surface area contributed by atoms with Gasteiger partial charge in [-0.05, 0) is 18.2 Å². The second kappa shape index (κ2) is 8.29. The van der Waals surface area contributed by atoms with Gasteiger partial charge in [-0.25, -0.2) is 8.78 Å². The Kier molecular flexibility index (Phi) is 5.44. The Morgan fingerprint density at radius 1 is 1.24 bits per heavy atom. The summed E-state index contributed by atoms with van der Waals surface area (Å²) in [5, 5.41) is 12.9. The molecule has 8 nitrogen and oxygen atoms in total. The van der Waals surface area contributed by atoms with Crippen LogP contribution in [0.25, 0.3) is 0 Å². The summed E-state index contributed by atoms with van der Waals surface area (Å²) in [6, 6.07) is 2.94. The van der Waals surface area contributed by atoms with E-state index < -0.39 is 40.9 Å². The third kappa shape index (κ3) is 3.80. The summed E-state index contributed by atoms with van der Waals surface area (Å²) in [5.74, 6) is -3.50. The fourth-order valence-electron chi connectivity index (χ4n) is 4.98. The fourth-order valence-corrected chi connectivity index (χ4v) is 4.98. The van der Waals surface area contributed by atoms with Crippen molar-refractivity contribution in [1.29, 1.82) is 0 Å². The van der Waals surface area contributed by atoms with Gasteiger partial charge in [0.1, 0.15) is 23.4 Å². The van der Waals surface area contributed by atoms with Crippen molar-refractivity contribution in [3.8, 4) is 5.75 Å². The summed E-state index contributed by atoms with van der Waals surface area (Å²) in [7, 11) is 0. The number of hydrogen-bond donors (Lipinski definition) is 2. The lowest BCUT2D eigenvalue weighted by molar-refractivity contribution is -0.0185. The SMILES string of the molecule is O=C(NCc1ccc(F)cc1F)c1cn2c(c(O)c1=O)C(=O)N1CC3CCCCB3OC1C2. The van der Waals surface area contributed by atoms with E-state index in [-0.39, 0.29) is 42.6 Å². The van der Waals surface area contributed by atoms with E-state index in [4.69, 9.17) is 4.65 Å². The standard InChI is InChI=1S/C22H22BF2N3O5/c24-14-5-4-12(16(25)7-14)8-26-21(31)15-10-27-11-17-28(22(32)18(27)20(30)19(15)29)9-13-3-1-2-6-23(13)33-17/h4-5,7,10,13,17,30H,1-3,6,8-9,11H2,(H,26,31). The number of hydrogen-bond acceptors (Lipinski definition) is 5. The maximum Gasteiger partial charge on any atom is 0.300 e. The molecule has 11 heteroatoms. The number of benzene rings is 1. The average Bonchev–Trinajstić information content (AvgIpc) is 2.79. The second-order valence-corrected chi connectivity index (χ2v) is 8.77. The van der Waals surface area contributed by atoms with Gasteiger partial charge in [0.15, 0.2) is 11.4 Å². The lowest BCUT2D eigenvalue weighted by Gasteiger charge is -2.47.